The molecule has 3 N–H and O–H groups in total. The van der Waals surface area contributed by atoms with Gasteiger partial charge in [0.2, 0.25) is 0 Å². The first-order valence-electron chi connectivity index (χ1n) is 6.01. The third-order valence-electron chi connectivity index (χ3n) is 2.79. The van der Waals surface area contributed by atoms with Gasteiger partial charge in [0.15, 0.2) is 0 Å². The predicted octanol–water partition coefficient (Wildman–Crippen LogP) is -0.231. The van der Waals surface area contributed by atoms with Crippen LogP contribution in [0.4, 0.5) is 0 Å². The lowest BCUT2D eigenvalue weighted by atomic mass is 10.2. The Balaban J connectivity index is 0.000000181. The molecule has 0 bridgehead atoms. The van der Waals surface area contributed by atoms with Crippen LogP contribution in [-0.4, -0.2) is 56.8 Å². The number of nitrogens with zero attached hydrogens (tertiary/aromatic N) is 1. The van der Waals surface area contributed by atoms with Gasteiger partial charge in [0.05, 0.1) is 6.04 Å². The Bertz CT molecular complexity index is 174. The van der Waals surface area contributed by atoms with Crippen molar-refractivity contribution in [1.29, 1.82) is 0 Å². The normalized spacial score (nSPS) is 25.2. The molecule has 2 saturated heterocycles. The molecule has 1 unspecified atom stereocenters. The molecule has 0 aliphatic carbocycles. The highest BCUT2D eigenvalue weighted by atomic mass is 15.2. The molecule has 2 fully saturated rings. The molecule has 0 spiro atoms. The number of nitrogens with one attached hydrogen (secondary N) is 3. The molecule has 2 heterocycles. The third-order valence-corrected chi connectivity index (χ3v) is 2.79. The average Bonchev–Trinajstić information content (AvgIpc) is 2.41. The largest absolute Gasteiger partial charge is 0.369 e. The standard InChI is InChI=1S/C8H14N2.C4H10N2/c1-3-8-7-9-5-6-10(8)4-2;1-2-6-4-3-5-1/h3-4,8-9H,1-2,5-7H2;5-6H,1-4H2. The smallest absolute Gasteiger partial charge is 0.0589 e. The zero-order chi connectivity index (χ0) is 11.6. The van der Waals surface area contributed by atoms with Crippen molar-refractivity contribution in [2.75, 3.05) is 45.8 Å². The maximum Gasteiger partial charge on any atom is 0.0589 e. The van der Waals surface area contributed by atoms with E-state index < -0.39 is 0 Å². The highest BCUT2D eigenvalue weighted by molar-refractivity contribution is 4.95. The van der Waals surface area contributed by atoms with E-state index in [0.29, 0.717) is 6.04 Å². The van der Waals surface area contributed by atoms with Crippen molar-refractivity contribution in [2.24, 2.45) is 0 Å². The molecule has 0 radical (unpaired) electrons. The predicted molar refractivity (Wildman–Crippen MR) is 69.5 cm³/mol. The lowest BCUT2D eigenvalue weighted by Gasteiger charge is -2.32. The quantitative estimate of drug-likeness (QED) is 0.567. The third kappa shape index (κ3) is 4.79. The highest BCUT2D eigenvalue weighted by Crippen LogP contribution is 2.02. The van der Waals surface area contributed by atoms with Crippen LogP contribution in [0.3, 0.4) is 0 Å². The highest BCUT2D eigenvalue weighted by Gasteiger charge is 2.14. The summed E-state index contributed by atoms with van der Waals surface area (Å²) in [5.74, 6) is 0. The van der Waals surface area contributed by atoms with E-state index in [1.807, 2.05) is 12.3 Å². The van der Waals surface area contributed by atoms with E-state index in [4.69, 9.17) is 0 Å². The first-order valence-corrected chi connectivity index (χ1v) is 6.01. The second-order valence-corrected chi connectivity index (χ2v) is 3.93. The number of hydrogen-bond acceptors (Lipinski definition) is 4. The SMILES string of the molecule is C1CNCCN1.C=CC1CNCCN1C=C. The Kier molecular flexibility index (Phi) is 6.88. The molecule has 4 nitrogen and oxygen atoms in total. The van der Waals surface area contributed by atoms with Crippen molar-refractivity contribution in [3.05, 3.63) is 25.4 Å². The van der Waals surface area contributed by atoms with Gasteiger partial charge in [0.25, 0.3) is 0 Å². The van der Waals surface area contributed by atoms with Gasteiger partial charge in [-0.2, -0.15) is 0 Å². The van der Waals surface area contributed by atoms with Gasteiger partial charge in [0.1, 0.15) is 0 Å². The van der Waals surface area contributed by atoms with Gasteiger partial charge in [-0.1, -0.05) is 12.7 Å². The lowest BCUT2D eigenvalue weighted by Crippen LogP contribution is -2.47. The molecule has 0 amide bonds. The second-order valence-electron chi connectivity index (χ2n) is 3.93. The van der Waals surface area contributed by atoms with Crippen LogP contribution in [0.15, 0.2) is 25.4 Å². The summed E-state index contributed by atoms with van der Waals surface area (Å²) in [6.07, 6.45) is 3.83. The van der Waals surface area contributed by atoms with Crippen LogP contribution in [0.1, 0.15) is 0 Å². The fourth-order valence-electron chi connectivity index (χ4n) is 1.79. The van der Waals surface area contributed by atoms with Crippen LogP contribution in [0.5, 0.6) is 0 Å². The molecule has 0 aromatic carbocycles. The molecule has 4 heteroatoms. The number of hydrogen-bond donors (Lipinski definition) is 3. The summed E-state index contributed by atoms with van der Waals surface area (Å²) in [7, 11) is 0. The summed E-state index contributed by atoms with van der Waals surface area (Å²) in [5.41, 5.74) is 0. The van der Waals surface area contributed by atoms with Gasteiger partial charge in [-0.05, 0) is 6.20 Å². The van der Waals surface area contributed by atoms with Crippen LogP contribution in [0.25, 0.3) is 0 Å². The van der Waals surface area contributed by atoms with Crippen molar-refractivity contribution in [3.63, 3.8) is 0 Å². The molecule has 92 valence electrons. The molecule has 2 aliphatic heterocycles. The summed E-state index contributed by atoms with van der Waals surface area (Å²) in [4.78, 5) is 2.20. The average molecular weight is 224 g/mol. The van der Waals surface area contributed by atoms with Gasteiger partial charge in [0, 0.05) is 45.8 Å². The zero-order valence-corrected chi connectivity index (χ0v) is 10.0. The van der Waals surface area contributed by atoms with Gasteiger partial charge >= 0.3 is 0 Å². The number of piperazine rings is 2. The van der Waals surface area contributed by atoms with Crippen molar-refractivity contribution in [2.45, 2.75) is 6.04 Å². The molecule has 1 atom stereocenters. The maximum absolute atomic E-state index is 3.75. The monoisotopic (exact) mass is 224 g/mol. The first-order chi connectivity index (χ1) is 7.88. The Morgan fingerprint density at radius 2 is 1.56 bits per heavy atom. The van der Waals surface area contributed by atoms with E-state index in [2.05, 4.69) is 34.0 Å². The van der Waals surface area contributed by atoms with E-state index in [1.54, 1.807) is 0 Å². The summed E-state index contributed by atoms with van der Waals surface area (Å²) in [5, 5.41) is 9.73. The molecule has 0 aromatic rings. The van der Waals surface area contributed by atoms with Crippen LogP contribution < -0.4 is 16.0 Å². The van der Waals surface area contributed by atoms with Crippen LogP contribution >= 0.6 is 0 Å². The minimum absolute atomic E-state index is 0.436. The van der Waals surface area contributed by atoms with E-state index in [-0.39, 0.29) is 0 Å². The minimum Gasteiger partial charge on any atom is -0.369 e. The number of rotatable bonds is 2. The Morgan fingerprint density at radius 3 is 1.94 bits per heavy atom. The lowest BCUT2D eigenvalue weighted by molar-refractivity contribution is 0.268. The molecule has 0 aromatic heterocycles. The Labute approximate surface area is 98.8 Å². The molecule has 2 aliphatic rings. The zero-order valence-electron chi connectivity index (χ0n) is 10.0. The van der Waals surface area contributed by atoms with Gasteiger partial charge < -0.3 is 20.9 Å². The van der Waals surface area contributed by atoms with Crippen LogP contribution in [0, 0.1) is 0 Å². The summed E-state index contributed by atoms with van der Waals surface area (Å²) in [6.45, 7) is 15.1. The van der Waals surface area contributed by atoms with Gasteiger partial charge in [-0.3, -0.25) is 0 Å². The van der Waals surface area contributed by atoms with E-state index in [0.717, 1.165) is 45.8 Å². The van der Waals surface area contributed by atoms with Crippen molar-refractivity contribution < 1.29 is 0 Å². The van der Waals surface area contributed by atoms with E-state index >= 15 is 0 Å². The molecule has 0 saturated carbocycles. The van der Waals surface area contributed by atoms with Crippen LogP contribution in [-0.2, 0) is 0 Å². The minimum atomic E-state index is 0.436. The molecular weight excluding hydrogens is 200 g/mol. The molecular formula is C12H24N4. The van der Waals surface area contributed by atoms with Crippen molar-refractivity contribution in [3.8, 4) is 0 Å². The summed E-state index contributed by atoms with van der Waals surface area (Å²) < 4.78 is 0. The summed E-state index contributed by atoms with van der Waals surface area (Å²) >= 11 is 0. The second kappa shape index (κ2) is 8.33. The topological polar surface area (TPSA) is 39.3 Å². The van der Waals surface area contributed by atoms with E-state index in [9.17, 15) is 0 Å². The van der Waals surface area contributed by atoms with Crippen molar-refractivity contribution >= 4 is 0 Å². The Hall–Kier alpha value is -0.840. The fourth-order valence-corrected chi connectivity index (χ4v) is 1.79. The molecule has 2 rings (SSSR count). The van der Waals surface area contributed by atoms with Gasteiger partial charge in [-0.25, -0.2) is 0 Å². The maximum atomic E-state index is 3.75. The first kappa shape index (κ1) is 13.2. The summed E-state index contributed by atoms with van der Waals surface area (Å²) in [6, 6.07) is 0.436. The van der Waals surface area contributed by atoms with Gasteiger partial charge in [-0.15, -0.1) is 6.58 Å². The van der Waals surface area contributed by atoms with E-state index in [1.165, 1.54) is 0 Å². The molecule has 16 heavy (non-hydrogen) atoms. The fraction of sp³-hybridized carbons (Fsp3) is 0.667. The van der Waals surface area contributed by atoms with Crippen LogP contribution in [0.2, 0.25) is 0 Å². The Morgan fingerprint density at radius 1 is 0.938 bits per heavy atom. The van der Waals surface area contributed by atoms with Crippen molar-refractivity contribution in [1.82, 2.24) is 20.9 Å².